The van der Waals surface area contributed by atoms with Gasteiger partial charge in [-0.05, 0) is 32.3 Å². The fraction of sp³-hybridized carbons (Fsp3) is 0.526. The molecule has 1 aliphatic carbocycles. The summed E-state index contributed by atoms with van der Waals surface area (Å²) in [6, 6.07) is 8.54. The first-order valence-electron chi connectivity index (χ1n) is 9.08. The molecule has 0 aliphatic heterocycles. The Labute approximate surface area is 149 Å². The van der Waals surface area contributed by atoms with E-state index in [1.165, 1.54) is 24.0 Å². The maximum Gasteiger partial charge on any atom is 0.315 e. The number of nitrogens with zero attached hydrogens (tertiary/aromatic N) is 3. The van der Waals surface area contributed by atoms with Gasteiger partial charge in [0.25, 0.3) is 0 Å². The van der Waals surface area contributed by atoms with Gasteiger partial charge in [0.2, 0.25) is 0 Å². The van der Waals surface area contributed by atoms with Crippen molar-refractivity contribution in [3.8, 4) is 0 Å². The van der Waals surface area contributed by atoms with Gasteiger partial charge in [0.05, 0.1) is 6.54 Å². The molecule has 1 aromatic heterocycles. The summed E-state index contributed by atoms with van der Waals surface area (Å²) in [5, 5.41) is 13.9. The van der Waals surface area contributed by atoms with Crippen molar-refractivity contribution in [2.24, 2.45) is 0 Å². The van der Waals surface area contributed by atoms with Crippen LogP contribution >= 0.6 is 0 Å². The van der Waals surface area contributed by atoms with Crippen molar-refractivity contribution in [2.45, 2.75) is 58.0 Å². The summed E-state index contributed by atoms with van der Waals surface area (Å²) in [4.78, 5) is 12.3. The molecular formula is C19H27N5O. The van der Waals surface area contributed by atoms with Crippen LogP contribution in [-0.2, 0) is 18.5 Å². The molecule has 2 aromatic rings. The summed E-state index contributed by atoms with van der Waals surface area (Å²) in [6.07, 6.45) is 6.37. The first-order valence-corrected chi connectivity index (χ1v) is 9.08. The Hall–Kier alpha value is -2.37. The van der Waals surface area contributed by atoms with Crippen molar-refractivity contribution in [1.29, 1.82) is 0 Å². The van der Waals surface area contributed by atoms with Crippen LogP contribution in [0.1, 0.15) is 49.6 Å². The summed E-state index contributed by atoms with van der Waals surface area (Å²) in [5.74, 6) is 0.770. The van der Waals surface area contributed by atoms with Crippen LogP contribution < -0.4 is 10.6 Å². The van der Waals surface area contributed by atoms with E-state index in [9.17, 15) is 4.79 Å². The van der Waals surface area contributed by atoms with E-state index in [0.29, 0.717) is 13.1 Å². The lowest BCUT2D eigenvalue weighted by atomic mass is 9.78. The Bertz CT molecular complexity index is 718. The number of carbonyl (C=O) groups is 1. The number of urea groups is 1. The number of hydrogen-bond acceptors (Lipinski definition) is 3. The molecule has 6 nitrogen and oxygen atoms in total. The Morgan fingerprint density at radius 3 is 2.80 bits per heavy atom. The zero-order chi connectivity index (χ0) is 17.7. The predicted molar refractivity (Wildman–Crippen MR) is 97.3 cm³/mol. The Kier molecular flexibility index (Phi) is 5.36. The molecule has 1 saturated carbocycles. The lowest BCUT2D eigenvalue weighted by molar-refractivity contribution is 0.236. The minimum absolute atomic E-state index is 0.0623. The van der Waals surface area contributed by atoms with E-state index in [-0.39, 0.29) is 11.4 Å². The minimum Gasteiger partial charge on any atom is -0.337 e. The van der Waals surface area contributed by atoms with Crippen LogP contribution in [0.2, 0.25) is 0 Å². The van der Waals surface area contributed by atoms with E-state index in [1.54, 1.807) is 6.33 Å². The van der Waals surface area contributed by atoms with Gasteiger partial charge in [-0.25, -0.2) is 4.79 Å². The number of aryl methyl sites for hydroxylation is 2. The van der Waals surface area contributed by atoms with Crippen molar-refractivity contribution in [1.82, 2.24) is 25.4 Å². The van der Waals surface area contributed by atoms with E-state index < -0.39 is 0 Å². The molecule has 0 unspecified atom stereocenters. The summed E-state index contributed by atoms with van der Waals surface area (Å²) < 4.78 is 1.92. The van der Waals surface area contributed by atoms with Crippen LogP contribution in [0.15, 0.2) is 30.6 Å². The molecule has 0 atom stereocenters. The number of nitrogens with one attached hydrogen (secondary N) is 2. The number of hydrogen-bond donors (Lipinski definition) is 2. The smallest absolute Gasteiger partial charge is 0.315 e. The second-order valence-corrected chi connectivity index (χ2v) is 6.93. The first kappa shape index (κ1) is 17.5. The molecule has 1 aliphatic rings. The van der Waals surface area contributed by atoms with Gasteiger partial charge in [-0.15, -0.1) is 10.2 Å². The number of carbonyl (C=O) groups excluding carboxylic acids is 1. The largest absolute Gasteiger partial charge is 0.337 e. The van der Waals surface area contributed by atoms with Gasteiger partial charge in [-0.3, -0.25) is 0 Å². The quantitative estimate of drug-likeness (QED) is 0.848. The zero-order valence-electron chi connectivity index (χ0n) is 15.1. The van der Waals surface area contributed by atoms with Crippen molar-refractivity contribution in [2.75, 3.05) is 6.54 Å². The number of amides is 2. The molecule has 0 radical (unpaired) electrons. The Morgan fingerprint density at radius 1 is 1.28 bits per heavy atom. The lowest BCUT2D eigenvalue weighted by Gasteiger charge is -2.30. The molecule has 134 valence electrons. The third kappa shape index (κ3) is 4.00. The van der Waals surface area contributed by atoms with Gasteiger partial charge < -0.3 is 15.2 Å². The number of aromatic nitrogens is 3. The molecule has 1 aromatic carbocycles. The van der Waals surface area contributed by atoms with Crippen molar-refractivity contribution in [3.05, 3.63) is 47.5 Å². The van der Waals surface area contributed by atoms with Crippen LogP contribution in [0.3, 0.4) is 0 Å². The number of rotatable bonds is 6. The topological polar surface area (TPSA) is 71.8 Å². The monoisotopic (exact) mass is 341 g/mol. The van der Waals surface area contributed by atoms with Crippen molar-refractivity contribution in [3.63, 3.8) is 0 Å². The highest BCUT2D eigenvalue weighted by molar-refractivity contribution is 5.73. The second-order valence-electron chi connectivity index (χ2n) is 6.93. The van der Waals surface area contributed by atoms with Crippen LogP contribution in [0.5, 0.6) is 0 Å². The average molecular weight is 341 g/mol. The summed E-state index contributed by atoms with van der Waals surface area (Å²) in [6.45, 7) is 6.00. The fourth-order valence-electron chi connectivity index (χ4n) is 3.75. The SMILES string of the molecule is CCn1cnnc1CNC(=O)NCC1(c2cccc(C)c2)CCCC1. The van der Waals surface area contributed by atoms with E-state index in [1.807, 2.05) is 11.5 Å². The summed E-state index contributed by atoms with van der Waals surface area (Å²) in [7, 11) is 0. The van der Waals surface area contributed by atoms with Crippen molar-refractivity contribution >= 4 is 6.03 Å². The maximum atomic E-state index is 12.3. The van der Waals surface area contributed by atoms with Crippen molar-refractivity contribution < 1.29 is 4.79 Å². The summed E-state index contributed by atoms with van der Waals surface area (Å²) in [5.41, 5.74) is 2.68. The van der Waals surface area contributed by atoms with Gasteiger partial charge in [-0.1, -0.05) is 42.7 Å². The molecule has 0 saturated heterocycles. The second kappa shape index (κ2) is 7.68. The maximum absolute atomic E-state index is 12.3. The molecule has 3 rings (SSSR count). The predicted octanol–water partition coefficient (Wildman–Crippen LogP) is 2.92. The Morgan fingerprint density at radius 2 is 2.08 bits per heavy atom. The highest BCUT2D eigenvalue weighted by Crippen LogP contribution is 2.40. The number of benzene rings is 1. The van der Waals surface area contributed by atoms with E-state index in [0.717, 1.165) is 25.2 Å². The van der Waals surface area contributed by atoms with Gasteiger partial charge in [0.1, 0.15) is 6.33 Å². The lowest BCUT2D eigenvalue weighted by Crippen LogP contribution is -2.43. The van der Waals surface area contributed by atoms with E-state index in [2.05, 4.69) is 52.0 Å². The average Bonchev–Trinajstić information content (AvgIpc) is 3.28. The zero-order valence-corrected chi connectivity index (χ0v) is 15.1. The van der Waals surface area contributed by atoms with Crippen LogP contribution in [0.25, 0.3) is 0 Å². The van der Waals surface area contributed by atoms with Gasteiger partial charge in [-0.2, -0.15) is 0 Å². The normalized spacial score (nSPS) is 15.9. The Balaban J connectivity index is 1.59. The van der Waals surface area contributed by atoms with Crippen LogP contribution in [-0.4, -0.2) is 27.3 Å². The fourth-order valence-corrected chi connectivity index (χ4v) is 3.75. The van der Waals surface area contributed by atoms with Gasteiger partial charge in [0, 0.05) is 18.5 Å². The third-order valence-electron chi connectivity index (χ3n) is 5.22. The molecule has 0 spiro atoms. The van der Waals surface area contributed by atoms with E-state index in [4.69, 9.17) is 0 Å². The molecule has 6 heteroatoms. The van der Waals surface area contributed by atoms with Crippen LogP contribution in [0.4, 0.5) is 4.79 Å². The molecular weight excluding hydrogens is 314 g/mol. The minimum atomic E-state index is -0.149. The van der Waals surface area contributed by atoms with Gasteiger partial charge in [0.15, 0.2) is 5.82 Å². The molecule has 2 amide bonds. The molecule has 25 heavy (non-hydrogen) atoms. The summed E-state index contributed by atoms with van der Waals surface area (Å²) >= 11 is 0. The molecule has 1 fully saturated rings. The van der Waals surface area contributed by atoms with E-state index >= 15 is 0 Å². The van der Waals surface area contributed by atoms with Gasteiger partial charge >= 0.3 is 6.03 Å². The highest BCUT2D eigenvalue weighted by Gasteiger charge is 2.35. The molecule has 1 heterocycles. The highest BCUT2D eigenvalue weighted by atomic mass is 16.2. The first-order chi connectivity index (χ1) is 12.1. The molecule has 2 N–H and O–H groups in total. The third-order valence-corrected chi connectivity index (χ3v) is 5.22. The van der Waals surface area contributed by atoms with Crippen LogP contribution in [0, 0.1) is 6.92 Å². The molecule has 0 bridgehead atoms. The standard InChI is InChI=1S/C19H27N5O/c1-3-24-14-22-23-17(24)12-20-18(25)21-13-19(9-4-5-10-19)16-8-6-7-15(2)11-16/h6-8,11,14H,3-5,9-10,12-13H2,1-2H3,(H2,20,21,25).